The number of hydrogen-bond donors (Lipinski definition) is 0. The molecule has 28 heavy (non-hydrogen) atoms. The van der Waals surface area contributed by atoms with Crippen molar-refractivity contribution in [1.82, 2.24) is 5.01 Å². The van der Waals surface area contributed by atoms with Gasteiger partial charge in [-0.15, -0.1) is 0 Å². The van der Waals surface area contributed by atoms with E-state index in [0.717, 1.165) is 21.5 Å². The summed E-state index contributed by atoms with van der Waals surface area (Å²) in [5.41, 5.74) is 0.718. The van der Waals surface area contributed by atoms with Crippen LogP contribution in [0.5, 0.6) is 11.5 Å². The number of hydrazone groups is 1. The van der Waals surface area contributed by atoms with Crippen LogP contribution in [-0.4, -0.2) is 36.8 Å². The summed E-state index contributed by atoms with van der Waals surface area (Å²) in [4.78, 5) is 25.9. The Morgan fingerprint density at radius 1 is 1.18 bits per heavy atom. The molecule has 1 heterocycles. The van der Waals surface area contributed by atoms with Gasteiger partial charge in [0.2, 0.25) is 0 Å². The number of ether oxygens (including phenoxy) is 2. The maximum absolute atomic E-state index is 13.0. The van der Waals surface area contributed by atoms with Crippen molar-refractivity contribution in [3.05, 3.63) is 34.3 Å². The molecule has 7 heteroatoms. The zero-order chi connectivity index (χ0) is 19.6. The van der Waals surface area contributed by atoms with E-state index in [1.165, 1.54) is 6.21 Å². The van der Waals surface area contributed by atoms with E-state index in [-0.39, 0.29) is 35.5 Å². The topological polar surface area (TPSA) is 68.2 Å². The van der Waals surface area contributed by atoms with Crippen LogP contribution in [0.15, 0.2) is 33.9 Å². The molecule has 3 fully saturated rings. The number of allylic oxidation sites excluding steroid dienone is 2. The maximum atomic E-state index is 13.0. The van der Waals surface area contributed by atoms with Gasteiger partial charge in [-0.05, 0) is 70.6 Å². The molecule has 4 aliphatic carbocycles. The first-order valence-electron chi connectivity index (χ1n) is 9.65. The molecule has 6 nitrogen and oxygen atoms in total. The third kappa shape index (κ3) is 2.48. The monoisotopic (exact) mass is 444 g/mol. The SMILES string of the molecule is CCOc1cc(C=NN2C(=O)[C@@H]3[C@H]4C=C[C@@H]([C@@H]5C[C@H]45)[C@H]3C2=O)cc(Br)c1OC. The van der Waals surface area contributed by atoms with E-state index in [1.807, 2.05) is 13.0 Å². The molecular formula is C21H21BrN2O4. The number of hydrogen-bond acceptors (Lipinski definition) is 5. The van der Waals surface area contributed by atoms with Crippen LogP contribution in [0.1, 0.15) is 18.9 Å². The Morgan fingerprint density at radius 2 is 1.82 bits per heavy atom. The number of carbonyl (C=O) groups excluding carboxylic acids is 2. The predicted molar refractivity (Wildman–Crippen MR) is 106 cm³/mol. The molecule has 1 aromatic carbocycles. The normalized spacial score (nSPS) is 34.8. The summed E-state index contributed by atoms with van der Waals surface area (Å²) in [6.45, 7) is 2.39. The van der Waals surface area contributed by atoms with Gasteiger partial charge in [-0.25, -0.2) is 0 Å². The molecule has 1 aliphatic heterocycles. The first kappa shape index (κ1) is 17.9. The second-order valence-electron chi connectivity index (χ2n) is 7.85. The van der Waals surface area contributed by atoms with Gasteiger partial charge < -0.3 is 9.47 Å². The van der Waals surface area contributed by atoms with E-state index in [0.29, 0.717) is 29.9 Å². The largest absolute Gasteiger partial charge is 0.492 e. The Balaban J connectivity index is 1.42. The summed E-state index contributed by atoms with van der Waals surface area (Å²) in [6, 6.07) is 3.61. The Bertz CT molecular complexity index is 891. The molecular weight excluding hydrogens is 424 g/mol. The lowest BCUT2D eigenvalue weighted by molar-refractivity contribution is -0.140. The molecule has 6 atom stereocenters. The van der Waals surface area contributed by atoms with Crippen molar-refractivity contribution in [3.8, 4) is 11.5 Å². The molecule has 5 aliphatic rings. The molecule has 6 rings (SSSR count). The molecule has 0 spiro atoms. The number of rotatable bonds is 5. The van der Waals surface area contributed by atoms with Crippen LogP contribution in [0.2, 0.25) is 0 Å². The van der Waals surface area contributed by atoms with Gasteiger partial charge in [-0.1, -0.05) is 12.2 Å². The van der Waals surface area contributed by atoms with Crippen molar-refractivity contribution in [2.45, 2.75) is 13.3 Å². The van der Waals surface area contributed by atoms with Crippen molar-refractivity contribution in [2.75, 3.05) is 13.7 Å². The lowest BCUT2D eigenvalue weighted by Crippen LogP contribution is -2.40. The highest BCUT2D eigenvalue weighted by molar-refractivity contribution is 9.10. The van der Waals surface area contributed by atoms with Gasteiger partial charge in [-0.2, -0.15) is 10.1 Å². The van der Waals surface area contributed by atoms with Gasteiger partial charge >= 0.3 is 0 Å². The quantitative estimate of drug-likeness (QED) is 0.397. The smallest absolute Gasteiger partial charge is 0.254 e. The molecule has 0 radical (unpaired) electrons. The van der Waals surface area contributed by atoms with E-state index in [1.54, 1.807) is 13.2 Å². The third-order valence-electron chi connectivity index (χ3n) is 6.50. The minimum Gasteiger partial charge on any atom is -0.492 e. The summed E-state index contributed by atoms with van der Waals surface area (Å²) in [7, 11) is 1.58. The first-order chi connectivity index (χ1) is 13.5. The second kappa shape index (κ2) is 6.44. The van der Waals surface area contributed by atoms with Crippen LogP contribution >= 0.6 is 15.9 Å². The predicted octanol–water partition coefficient (Wildman–Crippen LogP) is 3.24. The molecule has 0 unspecified atom stereocenters. The van der Waals surface area contributed by atoms with Crippen molar-refractivity contribution in [3.63, 3.8) is 0 Å². The number of methoxy groups -OCH3 is 1. The van der Waals surface area contributed by atoms with Crippen molar-refractivity contribution in [2.24, 2.45) is 40.6 Å². The zero-order valence-electron chi connectivity index (χ0n) is 15.7. The van der Waals surface area contributed by atoms with Crippen LogP contribution in [-0.2, 0) is 9.59 Å². The molecule has 2 saturated carbocycles. The third-order valence-corrected chi connectivity index (χ3v) is 7.09. The number of halogens is 1. The summed E-state index contributed by atoms with van der Waals surface area (Å²) in [6.07, 6.45) is 7.01. The molecule has 1 saturated heterocycles. The van der Waals surface area contributed by atoms with Gasteiger partial charge in [0.25, 0.3) is 11.8 Å². The highest BCUT2D eigenvalue weighted by atomic mass is 79.9. The number of imide groups is 1. The van der Waals surface area contributed by atoms with Crippen molar-refractivity contribution < 1.29 is 19.1 Å². The van der Waals surface area contributed by atoms with Crippen LogP contribution in [0.25, 0.3) is 0 Å². The summed E-state index contributed by atoms with van der Waals surface area (Å²) in [5.74, 6) is 1.98. The number of nitrogens with zero attached hydrogens (tertiary/aromatic N) is 2. The van der Waals surface area contributed by atoms with E-state index in [9.17, 15) is 9.59 Å². The molecule has 2 amide bonds. The molecule has 0 N–H and O–H groups in total. The zero-order valence-corrected chi connectivity index (χ0v) is 17.3. The second-order valence-corrected chi connectivity index (χ2v) is 8.71. The highest BCUT2D eigenvalue weighted by Gasteiger charge is 2.67. The van der Waals surface area contributed by atoms with Gasteiger partial charge in [-0.3, -0.25) is 9.59 Å². The van der Waals surface area contributed by atoms with Crippen LogP contribution in [0.3, 0.4) is 0 Å². The minimum absolute atomic E-state index is 0.159. The fourth-order valence-corrected chi connectivity index (χ4v) is 5.92. The summed E-state index contributed by atoms with van der Waals surface area (Å²) < 4.78 is 11.7. The fourth-order valence-electron chi connectivity index (χ4n) is 5.30. The van der Waals surface area contributed by atoms with Crippen LogP contribution < -0.4 is 9.47 Å². The van der Waals surface area contributed by atoms with Crippen molar-refractivity contribution in [1.29, 1.82) is 0 Å². The molecule has 1 aromatic rings. The lowest BCUT2D eigenvalue weighted by Gasteiger charge is -2.37. The standard InChI is InChI=1S/C21H21BrN2O4/c1-3-28-16-7-10(6-15(22)19(16)27-2)9-23-24-20(25)17-11-4-5-12(14-8-13(11)14)18(17)21(24)26/h4-7,9,11-14,17-18H,3,8H2,1-2H3/t11-,12-,13-,14+,17+,18+/m0/s1. The molecule has 2 bridgehead atoms. The minimum atomic E-state index is -0.231. The molecule has 0 aromatic heterocycles. The number of benzene rings is 1. The van der Waals surface area contributed by atoms with Crippen molar-refractivity contribution >= 4 is 34.0 Å². The Kier molecular flexibility index (Phi) is 4.12. The van der Waals surface area contributed by atoms with Gasteiger partial charge in [0, 0.05) is 0 Å². The summed E-state index contributed by atoms with van der Waals surface area (Å²) in [5, 5.41) is 5.37. The van der Waals surface area contributed by atoms with Crippen LogP contribution in [0.4, 0.5) is 0 Å². The van der Waals surface area contributed by atoms with E-state index >= 15 is 0 Å². The van der Waals surface area contributed by atoms with E-state index < -0.39 is 0 Å². The van der Waals surface area contributed by atoms with E-state index in [2.05, 4.69) is 33.2 Å². The number of amides is 2. The first-order valence-corrected chi connectivity index (χ1v) is 10.4. The summed E-state index contributed by atoms with van der Waals surface area (Å²) >= 11 is 3.47. The van der Waals surface area contributed by atoms with Gasteiger partial charge in [0.05, 0.1) is 36.2 Å². The van der Waals surface area contributed by atoms with Gasteiger partial charge in [0.1, 0.15) is 0 Å². The van der Waals surface area contributed by atoms with E-state index in [4.69, 9.17) is 9.47 Å². The number of carbonyl (C=O) groups is 2. The average molecular weight is 445 g/mol. The Morgan fingerprint density at radius 3 is 2.39 bits per heavy atom. The molecule has 146 valence electrons. The average Bonchev–Trinajstić information content (AvgIpc) is 3.46. The lowest BCUT2D eigenvalue weighted by atomic mass is 9.63. The highest BCUT2D eigenvalue weighted by Crippen LogP contribution is 2.65. The Labute approximate surface area is 171 Å². The fraction of sp³-hybridized carbons (Fsp3) is 0.476. The Hall–Kier alpha value is -2.15. The maximum Gasteiger partial charge on any atom is 0.254 e. The van der Waals surface area contributed by atoms with Gasteiger partial charge in [0.15, 0.2) is 11.5 Å². The van der Waals surface area contributed by atoms with Crippen LogP contribution in [0, 0.1) is 35.5 Å².